The molecule has 4 rings (SSSR count). The maximum Gasteiger partial charge on any atom is 0.243 e. The van der Waals surface area contributed by atoms with E-state index in [9.17, 15) is 8.42 Å². The van der Waals surface area contributed by atoms with Crippen molar-refractivity contribution in [3.63, 3.8) is 0 Å². The molecule has 3 aromatic rings. The summed E-state index contributed by atoms with van der Waals surface area (Å²) in [5, 5.41) is 8.25. The van der Waals surface area contributed by atoms with Crippen LogP contribution in [0.15, 0.2) is 59.6 Å². The van der Waals surface area contributed by atoms with Crippen molar-refractivity contribution in [2.24, 2.45) is 0 Å². The number of sulfonamides is 1. The van der Waals surface area contributed by atoms with Crippen LogP contribution in [0.2, 0.25) is 0 Å². The standard InChI is InChI=1S/C20H22N4O4S/c1-15-8-9-19(27-2)10-20(15)29(25,26)23-12-17(13-23)24-11-16(21-22-24)14-28-18-6-4-3-5-7-18/h3-11,17H,12-14H2,1-2H3. The van der Waals surface area contributed by atoms with Gasteiger partial charge in [0.1, 0.15) is 23.8 Å². The Balaban J connectivity index is 1.39. The lowest BCUT2D eigenvalue weighted by Gasteiger charge is -2.37. The second-order valence-electron chi connectivity index (χ2n) is 6.90. The Morgan fingerprint density at radius 1 is 1.10 bits per heavy atom. The molecule has 2 aromatic carbocycles. The van der Waals surface area contributed by atoms with Crippen molar-refractivity contribution in [1.82, 2.24) is 19.3 Å². The van der Waals surface area contributed by atoms with Crippen LogP contribution in [-0.2, 0) is 16.6 Å². The number of para-hydroxylation sites is 1. The first-order chi connectivity index (χ1) is 14.0. The monoisotopic (exact) mass is 414 g/mol. The molecule has 0 atom stereocenters. The molecule has 2 heterocycles. The zero-order chi connectivity index (χ0) is 20.4. The van der Waals surface area contributed by atoms with Crippen LogP contribution in [0.4, 0.5) is 0 Å². The summed E-state index contributed by atoms with van der Waals surface area (Å²) < 4.78 is 39.9. The number of hydrogen-bond acceptors (Lipinski definition) is 6. The van der Waals surface area contributed by atoms with Crippen LogP contribution in [0, 0.1) is 6.92 Å². The number of aromatic nitrogens is 3. The predicted molar refractivity (Wildman–Crippen MR) is 106 cm³/mol. The van der Waals surface area contributed by atoms with Crippen LogP contribution in [-0.4, -0.2) is 47.9 Å². The molecule has 0 bridgehead atoms. The fourth-order valence-electron chi connectivity index (χ4n) is 3.14. The second kappa shape index (κ2) is 7.84. The molecule has 0 amide bonds. The van der Waals surface area contributed by atoms with Crippen molar-refractivity contribution in [2.45, 2.75) is 24.5 Å². The lowest BCUT2D eigenvalue weighted by atomic mass is 10.2. The molecule has 0 aliphatic carbocycles. The number of methoxy groups -OCH3 is 1. The largest absolute Gasteiger partial charge is 0.497 e. The van der Waals surface area contributed by atoms with E-state index in [-0.39, 0.29) is 10.9 Å². The summed E-state index contributed by atoms with van der Waals surface area (Å²) in [6.07, 6.45) is 1.80. The third-order valence-electron chi connectivity index (χ3n) is 4.90. The van der Waals surface area contributed by atoms with Crippen LogP contribution in [0.3, 0.4) is 0 Å². The molecule has 29 heavy (non-hydrogen) atoms. The molecule has 1 aromatic heterocycles. The molecule has 9 heteroatoms. The van der Waals surface area contributed by atoms with Crippen LogP contribution in [0.25, 0.3) is 0 Å². The topological polar surface area (TPSA) is 86.6 Å². The minimum absolute atomic E-state index is 0.0475. The number of rotatable bonds is 7. The van der Waals surface area contributed by atoms with Gasteiger partial charge in [0.15, 0.2) is 0 Å². The third-order valence-corrected chi connectivity index (χ3v) is 6.88. The van der Waals surface area contributed by atoms with Gasteiger partial charge in [-0.3, -0.25) is 0 Å². The van der Waals surface area contributed by atoms with Crippen LogP contribution in [0.1, 0.15) is 17.3 Å². The third kappa shape index (κ3) is 3.96. The molecular weight excluding hydrogens is 392 g/mol. The highest BCUT2D eigenvalue weighted by molar-refractivity contribution is 7.89. The Bertz CT molecular complexity index is 1090. The fraction of sp³-hybridized carbons (Fsp3) is 0.300. The van der Waals surface area contributed by atoms with Gasteiger partial charge in [0.2, 0.25) is 10.0 Å². The first kappa shape index (κ1) is 19.4. The smallest absolute Gasteiger partial charge is 0.243 e. The SMILES string of the molecule is COc1ccc(C)c(S(=O)(=O)N2CC(n3cc(COc4ccccc4)nn3)C2)c1. The lowest BCUT2D eigenvalue weighted by molar-refractivity contribution is 0.188. The molecule has 1 fully saturated rings. The molecule has 0 saturated carbocycles. The van der Waals surface area contributed by atoms with Gasteiger partial charge in [0.25, 0.3) is 0 Å². The Hall–Kier alpha value is -2.91. The zero-order valence-electron chi connectivity index (χ0n) is 16.2. The van der Waals surface area contributed by atoms with Crippen LogP contribution in [0.5, 0.6) is 11.5 Å². The van der Waals surface area contributed by atoms with E-state index in [0.29, 0.717) is 36.7 Å². The second-order valence-corrected chi connectivity index (χ2v) is 8.81. The average molecular weight is 414 g/mol. The van der Waals surface area contributed by atoms with E-state index in [1.807, 2.05) is 30.3 Å². The van der Waals surface area contributed by atoms with Gasteiger partial charge < -0.3 is 9.47 Å². The van der Waals surface area contributed by atoms with Gasteiger partial charge in [-0.1, -0.05) is 29.5 Å². The number of benzene rings is 2. The van der Waals surface area contributed by atoms with E-state index in [4.69, 9.17) is 9.47 Å². The molecule has 0 radical (unpaired) electrons. The zero-order valence-corrected chi connectivity index (χ0v) is 17.0. The number of aryl methyl sites for hydroxylation is 1. The van der Waals surface area contributed by atoms with Gasteiger partial charge in [0.05, 0.1) is 24.2 Å². The molecule has 0 spiro atoms. The normalized spacial score (nSPS) is 15.1. The van der Waals surface area contributed by atoms with Crippen molar-refractivity contribution in [2.75, 3.05) is 20.2 Å². The van der Waals surface area contributed by atoms with E-state index in [1.54, 1.807) is 36.0 Å². The minimum Gasteiger partial charge on any atom is -0.497 e. The lowest BCUT2D eigenvalue weighted by Crippen LogP contribution is -2.50. The van der Waals surface area contributed by atoms with E-state index in [2.05, 4.69) is 10.3 Å². The van der Waals surface area contributed by atoms with Gasteiger partial charge in [-0.25, -0.2) is 13.1 Å². The van der Waals surface area contributed by atoms with Gasteiger partial charge in [-0.05, 0) is 30.7 Å². The fourth-order valence-corrected chi connectivity index (χ4v) is 4.89. The molecule has 8 nitrogen and oxygen atoms in total. The van der Waals surface area contributed by atoms with Crippen LogP contribution >= 0.6 is 0 Å². The molecule has 1 saturated heterocycles. The molecule has 0 N–H and O–H groups in total. The van der Waals surface area contributed by atoms with Crippen molar-refractivity contribution in [3.05, 3.63) is 66.0 Å². The van der Waals surface area contributed by atoms with Crippen molar-refractivity contribution in [1.29, 1.82) is 0 Å². The van der Waals surface area contributed by atoms with Gasteiger partial charge >= 0.3 is 0 Å². The van der Waals surface area contributed by atoms with Crippen LogP contribution < -0.4 is 9.47 Å². The van der Waals surface area contributed by atoms with Crippen molar-refractivity contribution >= 4 is 10.0 Å². The van der Waals surface area contributed by atoms with Gasteiger partial charge in [-0.2, -0.15) is 4.31 Å². The number of nitrogens with zero attached hydrogens (tertiary/aromatic N) is 4. The Morgan fingerprint density at radius 2 is 1.86 bits per heavy atom. The molecule has 1 aliphatic heterocycles. The first-order valence-corrected chi connectivity index (χ1v) is 10.6. The number of ether oxygens (including phenoxy) is 2. The summed E-state index contributed by atoms with van der Waals surface area (Å²) in [6.45, 7) is 2.78. The van der Waals surface area contributed by atoms with Gasteiger partial charge in [0, 0.05) is 19.2 Å². The summed E-state index contributed by atoms with van der Waals surface area (Å²) >= 11 is 0. The molecule has 1 aliphatic rings. The molecular formula is C20H22N4O4S. The van der Waals surface area contributed by atoms with Gasteiger partial charge in [-0.15, -0.1) is 5.10 Å². The summed E-state index contributed by atoms with van der Waals surface area (Å²) in [7, 11) is -2.06. The van der Waals surface area contributed by atoms with Crippen molar-refractivity contribution in [3.8, 4) is 11.5 Å². The highest BCUT2D eigenvalue weighted by atomic mass is 32.2. The first-order valence-electron chi connectivity index (χ1n) is 9.21. The summed E-state index contributed by atoms with van der Waals surface area (Å²) in [6, 6.07) is 14.5. The Kier molecular flexibility index (Phi) is 5.25. The quantitative estimate of drug-likeness (QED) is 0.590. The Morgan fingerprint density at radius 3 is 2.59 bits per heavy atom. The molecule has 152 valence electrons. The highest BCUT2D eigenvalue weighted by Gasteiger charge is 2.39. The summed E-state index contributed by atoms with van der Waals surface area (Å²) in [4.78, 5) is 0.269. The van der Waals surface area contributed by atoms with E-state index >= 15 is 0 Å². The highest BCUT2D eigenvalue weighted by Crippen LogP contribution is 2.31. The predicted octanol–water partition coefficient (Wildman–Crippen LogP) is 2.42. The molecule has 0 unspecified atom stereocenters. The Labute approximate surface area is 169 Å². The summed E-state index contributed by atoms with van der Waals surface area (Å²) in [5.41, 5.74) is 1.38. The maximum absolute atomic E-state index is 12.9. The van der Waals surface area contributed by atoms with E-state index in [0.717, 1.165) is 5.75 Å². The van der Waals surface area contributed by atoms with Crippen molar-refractivity contribution < 1.29 is 17.9 Å². The summed E-state index contributed by atoms with van der Waals surface area (Å²) in [5.74, 6) is 1.28. The minimum atomic E-state index is -3.58. The number of hydrogen-bond donors (Lipinski definition) is 0. The maximum atomic E-state index is 12.9. The van der Waals surface area contributed by atoms with E-state index < -0.39 is 10.0 Å². The van der Waals surface area contributed by atoms with E-state index in [1.165, 1.54) is 11.4 Å². The average Bonchev–Trinajstić information content (AvgIpc) is 3.14.